The molecule has 1 unspecified atom stereocenters. The zero-order chi connectivity index (χ0) is 12.6. The van der Waals surface area contributed by atoms with E-state index in [9.17, 15) is 4.79 Å². The average molecular weight is 230 g/mol. The minimum absolute atomic E-state index is 0.0545. The number of hydrogen-bond donors (Lipinski definition) is 3. The summed E-state index contributed by atoms with van der Waals surface area (Å²) in [6.07, 6.45) is -0.0703. The summed E-state index contributed by atoms with van der Waals surface area (Å²) in [5.41, 5.74) is 5.23. The Bertz CT molecular complexity index is 239. The molecule has 6 heteroatoms. The number of nitrogens with two attached hydrogens (primary N) is 1. The summed E-state index contributed by atoms with van der Waals surface area (Å²) in [6.45, 7) is 8.80. The molecule has 0 aliphatic rings. The third kappa shape index (κ3) is 6.23. The molecule has 0 rings (SSSR count). The van der Waals surface area contributed by atoms with Crippen molar-refractivity contribution >= 4 is 11.7 Å². The molecule has 0 saturated heterocycles. The van der Waals surface area contributed by atoms with Crippen molar-refractivity contribution in [2.75, 3.05) is 19.6 Å². The Balaban J connectivity index is 3.95. The highest BCUT2D eigenvalue weighted by Crippen LogP contribution is 1.92. The molecule has 0 aromatic carbocycles. The topological polar surface area (TPSA) is 91.0 Å². The zero-order valence-corrected chi connectivity index (χ0v) is 10.2. The Hall–Kier alpha value is -1.30. The molecule has 0 aromatic rings. The maximum atomic E-state index is 11.4. The van der Waals surface area contributed by atoms with Gasteiger partial charge >= 0.3 is 0 Å². The zero-order valence-electron chi connectivity index (χ0n) is 10.2. The van der Waals surface area contributed by atoms with Gasteiger partial charge in [-0.25, -0.2) is 0 Å². The first-order valence-electron chi connectivity index (χ1n) is 5.51. The number of nitrogens with one attached hydrogen (secondary N) is 1. The van der Waals surface area contributed by atoms with E-state index in [2.05, 4.69) is 29.2 Å². The summed E-state index contributed by atoms with van der Waals surface area (Å²) in [5, 5.41) is 13.9. The second kappa shape index (κ2) is 7.92. The second-order valence-electron chi connectivity index (χ2n) is 3.72. The maximum absolute atomic E-state index is 11.4. The first-order chi connectivity index (χ1) is 7.53. The van der Waals surface area contributed by atoms with E-state index in [4.69, 9.17) is 10.9 Å². The van der Waals surface area contributed by atoms with Crippen LogP contribution >= 0.6 is 0 Å². The highest BCUT2D eigenvalue weighted by atomic mass is 16.4. The van der Waals surface area contributed by atoms with Gasteiger partial charge in [0.15, 0.2) is 0 Å². The molecule has 0 radical (unpaired) electrons. The van der Waals surface area contributed by atoms with Crippen molar-refractivity contribution in [1.29, 1.82) is 0 Å². The molecule has 0 aliphatic heterocycles. The SMILES string of the molecule is CCN(CC)CC(C)NC(=O)CC(N)=NO. The summed E-state index contributed by atoms with van der Waals surface area (Å²) in [5.74, 6) is -0.303. The van der Waals surface area contributed by atoms with Gasteiger partial charge < -0.3 is 21.2 Å². The molecule has 4 N–H and O–H groups in total. The molecule has 16 heavy (non-hydrogen) atoms. The number of likely N-dealkylation sites (N-methyl/N-ethyl adjacent to an activating group) is 1. The molecule has 94 valence electrons. The Kier molecular flexibility index (Phi) is 7.28. The van der Waals surface area contributed by atoms with E-state index in [1.807, 2.05) is 6.92 Å². The summed E-state index contributed by atoms with van der Waals surface area (Å²) >= 11 is 0. The van der Waals surface area contributed by atoms with E-state index >= 15 is 0 Å². The van der Waals surface area contributed by atoms with Crippen molar-refractivity contribution in [1.82, 2.24) is 10.2 Å². The van der Waals surface area contributed by atoms with Crippen LogP contribution in [0.15, 0.2) is 5.16 Å². The molecule has 1 atom stereocenters. The van der Waals surface area contributed by atoms with Crippen LogP contribution in [0, 0.1) is 0 Å². The summed E-state index contributed by atoms with van der Waals surface area (Å²) in [4.78, 5) is 13.6. The number of amidine groups is 1. The van der Waals surface area contributed by atoms with Crippen LogP contribution in [0.25, 0.3) is 0 Å². The van der Waals surface area contributed by atoms with Gasteiger partial charge in [-0.3, -0.25) is 4.79 Å². The Morgan fingerprint density at radius 1 is 1.50 bits per heavy atom. The van der Waals surface area contributed by atoms with Crippen LogP contribution in [0.1, 0.15) is 27.2 Å². The van der Waals surface area contributed by atoms with E-state index in [1.54, 1.807) is 0 Å². The minimum atomic E-state index is -0.227. The van der Waals surface area contributed by atoms with Crippen molar-refractivity contribution in [3.8, 4) is 0 Å². The maximum Gasteiger partial charge on any atom is 0.227 e. The van der Waals surface area contributed by atoms with Crippen LogP contribution in [-0.2, 0) is 4.79 Å². The normalized spacial score (nSPS) is 13.9. The fourth-order valence-corrected chi connectivity index (χ4v) is 1.44. The number of oxime groups is 1. The molecule has 0 fully saturated rings. The minimum Gasteiger partial charge on any atom is -0.409 e. The molecule has 0 aliphatic carbocycles. The Labute approximate surface area is 96.5 Å². The molecule has 0 aromatic heterocycles. The summed E-state index contributed by atoms with van der Waals surface area (Å²) < 4.78 is 0. The number of carbonyl (C=O) groups excluding carboxylic acids is 1. The van der Waals surface area contributed by atoms with Gasteiger partial charge in [0.1, 0.15) is 5.84 Å². The monoisotopic (exact) mass is 230 g/mol. The lowest BCUT2D eigenvalue weighted by molar-refractivity contribution is -0.120. The third-order valence-electron chi connectivity index (χ3n) is 2.30. The van der Waals surface area contributed by atoms with Gasteiger partial charge in [0.2, 0.25) is 5.91 Å². The van der Waals surface area contributed by atoms with Gasteiger partial charge in [0.05, 0.1) is 6.42 Å². The van der Waals surface area contributed by atoms with Crippen molar-refractivity contribution in [3.63, 3.8) is 0 Å². The number of nitrogens with zero attached hydrogens (tertiary/aromatic N) is 2. The van der Waals surface area contributed by atoms with Gasteiger partial charge in [0.25, 0.3) is 0 Å². The lowest BCUT2D eigenvalue weighted by Gasteiger charge is -2.23. The van der Waals surface area contributed by atoms with Gasteiger partial charge in [-0.05, 0) is 20.0 Å². The quantitative estimate of drug-likeness (QED) is 0.248. The van der Waals surface area contributed by atoms with Crippen molar-refractivity contribution < 1.29 is 10.0 Å². The lowest BCUT2D eigenvalue weighted by atomic mass is 10.2. The molecule has 0 spiro atoms. The van der Waals surface area contributed by atoms with Crippen LogP contribution in [0.5, 0.6) is 0 Å². The Morgan fingerprint density at radius 2 is 2.06 bits per heavy atom. The summed E-state index contributed by atoms with van der Waals surface area (Å²) in [6, 6.07) is 0.0545. The fourth-order valence-electron chi connectivity index (χ4n) is 1.44. The molecule has 0 heterocycles. The fraction of sp³-hybridized carbons (Fsp3) is 0.800. The predicted octanol–water partition coefficient (Wildman–Crippen LogP) is -0.0306. The van der Waals surface area contributed by atoms with Crippen molar-refractivity contribution in [2.45, 2.75) is 33.2 Å². The number of hydrogen-bond acceptors (Lipinski definition) is 4. The lowest BCUT2D eigenvalue weighted by Crippen LogP contribution is -2.42. The average Bonchev–Trinajstić information content (AvgIpc) is 2.25. The highest BCUT2D eigenvalue weighted by Gasteiger charge is 2.11. The van der Waals surface area contributed by atoms with Gasteiger partial charge in [-0.2, -0.15) is 0 Å². The molecule has 0 bridgehead atoms. The van der Waals surface area contributed by atoms with Crippen LogP contribution < -0.4 is 11.1 Å². The van der Waals surface area contributed by atoms with E-state index < -0.39 is 0 Å². The van der Waals surface area contributed by atoms with Crippen LogP contribution in [-0.4, -0.2) is 47.5 Å². The first-order valence-corrected chi connectivity index (χ1v) is 5.51. The third-order valence-corrected chi connectivity index (χ3v) is 2.30. The smallest absolute Gasteiger partial charge is 0.227 e. The molecular formula is C10H22N4O2. The second-order valence-corrected chi connectivity index (χ2v) is 3.72. The van der Waals surface area contributed by atoms with E-state index in [0.29, 0.717) is 0 Å². The molecule has 6 nitrogen and oxygen atoms in total. The van der Waals surface area contributed by atoms with E-state index in [1.165, 1.54) is 0 Å². The van der Waals surface area contributed by atoms with E-state index in [0.717, 1.165) is 19.6 Å². The van der Waals surface area contributed by atoms with Crippen LogP contribution in [0.4, 0.5) is 0 Å². The molecule has 1 amide bonds. The van der Waals surface area contributed by atoms with Crippen molar-refractivity contribution in [2.24, 2.45) is 10.9 Å². The first kappa shape index (κ1) is 14.7. The van der Waals surface area contributed by atoms with Crippen LogP contribution in [0.2, 0.25) is 0 Å². The number of amides is 1. The van der Waals surface area contributed by atoms with E-state index in [-0.39, 0.29) is 24.2 Å². The van der Waals surface area contributed by atoms with Gasteiger partial charge in [-0.15, -0.1) is 0 Å². The Morgan fingerprint density at radius 3 is 2.50 bits per heavy atom. The van der Waals surface area contributed by atoms with Gasteiger partial charge in [0, 0.05) is 12.6 Å². The molecule has 0 saturated carbocycles. The number of rotatable bonds is 7. The largest absolute Gasteiger partial charge is 0.409 e. The predicted molar refractivity (Wildman–Crippen MR) is 63.4 cm³/mol. The highest BCUT2D eigenvalue weighted by molar-refractivity contribution is 5.98. The summed E-state index contributed by atoms with van der Waals surface area (Å²) in [7, 11) is 0. The number of carbonyl (C=O) groups is 1. The van der Waals surface area contributed by atoms with Crippen molar-refractivity contribution in [3.05, 3.63) is 0 Å². The molecular weight excluding hydrogens is 208 g/mol. The standard InChI is InChI=1S/C10H22N4O2/c1-4-14(5-2)7-8(3)12-10(15)6-9(11)13-16/h8,16H,4-7H2,1-3H3,(H2,11,13)(H,12,15). The van der Waals surface area contributed by atoms with Crippen LogP contribution in [0.3, 0.4) is 0 Å². The van der Waals surface area contributed by atoms with Gasteiger partial charge in [-0.1, -0.05) is 19.0 Å².